The molecular formula is C17H22N2O6. The minimum Gasteiger partial charge on any atom is -0.493 e. The van der Waals surface area contributed by atoms with Gasteiger partial charge in [0.25, 0.3) is 0 Å². The lowest BCUT2D eigenvalue weighted by Crippen LogP contribution is -2.03. The van der Waals surface area contributed by atoms with Crippen LogP contribution in [0, 0.1) is 0 Å². The Hall–Kier alpha value is -2.71. The first-order valence-corrected chi connectivity index (χ1v) is 7.49. The molecule has 0 atom stereocenters. The Labute approximate surface area is 145 Å². The molecule has 1 heterocycles. The van der Waals surface area contributed by atoms with Crippen molar-refractivity contribution in [1.82, 2.24) is 4.98 Å². The van der Waals surface area contributed by atoms with Gasteiger partial charge in [-0.25, -0.2) is 4.79 Å². The number of hydrogen-bond donors (Lipinski definition) is 3. The molecule has 136 valence electrons. The number of carbonyl (C=O) groups is 1. The number of carboxylic acids is 1. The molecule has 0 fully saturated rings. The lowest BCUT2D eigenvalue weighted by molar-refractivity contribution is 0.0686. The van der Waals surface area contributed by atoms with Crippen molar-refractivity contribution in [1.29, 1.82) is 0 Å². The fraction of sp³-hybridized carbons (Fsp3) is 0.353. The summed E-state index contributed by atoms with van der Waals surface area (Å²) < 4.78 is 21.4. The Kier molecular flexibility index (Phi) is 5.89. The van der Waals surface area contributed by atoms with Gasteiger partial charge in [-0.1, -0.05) is 0 Å². The third-order valence-corrected chi connectivity index (χ3v) is 3.86. The molecule has 0 radical (unpaired) electrons. The lowest BCUT2D eigenvalue weighted by atomic mass is 9.98. The van der Waals surface area contributed by atoms with E-state index in [1.807, 2.05) is 0 Å². The summed E-state index contributed by atoms with van der Waals surface area (Å²) in [7, 11) is 6.03. The fourth-order valence-corrected chi connectivity index (χ4v) is 2.84. The van der Waals surface area contributed by atoms with Gasteiger partial charge in [0.15, 0.2) is 11.5 Å². The van der Waals surface area contributed by atoms with Crippen LogP contribution in [-0.4, -0.2) is 44.5 Å². The second-order valence-electron chi connectivity index (χ2n) is 5.16. The quantitative estimate of drug-likeness (QED) is 0.667. The van der Waals surface area contributed by atoms with Crippen molar-refractivity contribution >= 4 is 5.97 Å². The molecule has 4 N–H and O–H groups in total. The van der Waals surface area contributed by atoms with Crippen LogP contribution < -0.4 is 19.9 Å². The first-order valence-electron chi connectivity index (χ1n) is 7.49. The molecule has 0 saturated heterocycles. The van der Waals surface area contributed by atoms with E-state index in [0.29, 0.717) is 39.6 Å². The maximum absolute atomic E-state index is 11.6. The lowest BCUT2D eigenvalue weighted by Gasteiger charge is -2.17. The average Bonchev–Trinajstić information content (AvgIpc) is 2.99. The number of aromatic carboxylic acids is 1. The van der Waals surface area contributed by atoms with Crippen molar-refractivity contribution in [3.05, 3.63) is 29.1 Å². The molecule has 1 aromatic carbocycles. The second kappa shape index (κ2) is 7.91. The zero-order valence-corrected chi connectivity index (χ0v) is 14.6. The molecule has 0 saturated carbocycles. The molecule has 8 nitrogen and oxygen atoms in total. The summed E-state index contributed by atoms with van der Waals surface area (Å²) in [6, 6.07) is 3.49. The number of H-pyrrole nitrogens is 1. The summed E-state index contributed by atoms with van der Waals surface area (Å²) in [5.41, 5.74) is 8.17. The number of rotatable bonds is 8. The number of nitrogens with one attached hydrogen (secondary N) is 1. The number of aromatic nitrogens is 1. The van der Waals surface area contributed by atoms with Crippen LogP contribution in [0.5, 0.6) is 17.2 Å². The van der Waals surface area contributed by atoms with Crippen LogP contribution in [0.2, 0.25) is 0 Å². The molecule has 1 aromatic heterocycles. The number of methoxy groups -OCH3 is 4. The van der Waals surface area contributed by atoms with Gasteiger partial charge in [0.05, 0.1) is 27.9 Å². The Balaban J connectivity index is 2.83. The second-order valence-corrected chi connectivity index (χ2v) is 5.16. The maximum Gasteiger partial charge on any atom is 0.352 e. The van der Waals surface area contributed by atoms with E-state index in [1.165, 1.54) is 28.4 Å². The largest absolute Gasteiger partial charge is 0.493 e. The number of benzene rings is 1. The number of ether oxygens (including phenoxy) is 4. The molecule has 0 unspecified atom stereocenters. The SMILES string of the molecule is COCc1c(C(=O)O)[nH]c(CN)c1-c1ccc(OC)c(OC)c1OC. The molecule has 0 aliphatic carbocycles. The third kappa shape index (κ3) is 3.26. The first kappa shape index (κ1) is 18.6. The van der Waals surface area contributed by atoms with Gasteiger partial charge >= 0.3 is 5.97 Å². The van der Waals surface area contributed by atoms with Crippen molar-refractivity contribution in [3.63, 3.8) is 0 Å². The summed E-state index contributed by atoms with van der Waals surface area (Å²) in [6.45, 7) is 0.224. The molecule has 2 aromatic rings. The van der Waals surface area contributed by atoms with Crippen molar-refractivity contribution in [2.45, 2.75) is 13.2 Å². The van der Waals surface area contributed by atoms with Crippen molar-refractivity contribution in [2.24, 2.45) is 5.73 Å². The van der Waals surface area contributed by atoms with Gasteiger partial charge in [0, 0.05) is 36.0 Å². The first-order chi connectivity index (χ1) is 12.0. The van der Waals surface area contributed by atoms with Crippen molar-refractivity contribution in [3.8, 4) is 28.4 Å². The third-order valence-electron chi connectivity index (χ3n) is 3.86. The maximum atomic E-state index is 11.6. The molecule has 0 amide bonds. The smallest absolute Gasteiger partial charge is 0.352 e. The predicted octanol–water partition coefficient (Wildman–Crippen LogP) is 2.01. The summed E-state index contributed by atoms with van der Waals surface area (Å²) in [4.78, 5) is 14.5. The van der Waals surface area contributed by atoms with E-state index in [-0.39, 0.29) is 18.8 Å². The van der Waals surface area contributed by atoms with Crippen LogP contribution in [-0.2, 0) is 17.9 Å². The van der Waals surface area contributed by atoms with Gasteiger partial charge in [-0.2, -0.15) is 0 Å². The van der Waals surface area contributed by atoms with E-state index in [0.717, 1.165) is 0 Å². The molecule has 2 rings (SSSR count). The van der Waals surface area contributed by atoms with E-state index < -0.39 is 5.97 Å². The average molecular weight is 350 g/mol. The van der Waals surface area contributed by atoms with Crippen LogP contribution in [0.25, 0.3) is 11.1 Å². The van der Waals surface area contributed by atoms with Gasteiger partial charge < -0.3 is 34.8 Å². The Bertz CT molecular complexity index is 769. The Morgan fingerprint density at radius 1 is 1.12 bits per heavy atom. The van der Waals surface area contributed by atoms with Crippen molar-refractivity contribution < 1.29 is 28.8 Å². The highest BCUT2D eigenvalue weighted by atomic mass is 16.5. The number of aromatic amines is 1. The molecule has 25 heavy (non-hydrogen) atoms. The summed E-state index contributed by atoms with van der Waals surface area (Å²) in [5.74, 6) is 0.240. The monoisotopic (exact) mass is 350 g/mol. The normalized spacial score (nSPS) is 10.6. The van der Waals surface area contributed by atoms with Crippen LogP contribution in [0.4, 0.5) is 0 Å². The zero-order chi connectivity index (χ0) is 18.6. The van der Waals surface area contributed by atoms with E-state index in [2.05, 4.69) is 4.98 Å². The summed E-state index contributed by atoms with van der Waals surface area (Å²) in [5, 5.41) is 9.48. The molecule has 8 heteroatoms. The minimum atomic E-state index is -1.09. The standard InChI is InChI=1S/C17H22N2O6/c1-22-8-10-13(11(7-18)19-14(10)17(20)21)9-5-6-12(23-2)16(25-4)15(9)24-3/h5-6,19H,7-8,18H2,1-4H3,(H,20,21). The highest BCUT2D eigenvalue weighted by molar-refractivity contribution is 5.93. The van der Waals surface area contributed by atoms with E-state index >= 15 is 0 Å². The van der Waals surface area contributed by atoms with E-state index in [4.69, 9.17) is 24.7 Å². The van der Waals surface area contributed by atoms with Crippen LogP contribution in [0.1, 0.15) is 21.7 Å². The van der Waals surface area contributed by atoms with Crippen LogP contribution in [0.3, 0.4) is 0 Å². The van der Waals surface area contributed by atoms with Gasteiger partial charge in [0.2, 0.25) is 5.75 Å². The van der Waals surface area contributed by atoms with Gasteiger partial charge in [-0.3, -0.25) is 0 Å². The zero-order valence-electron chi connectivity index (χ0n) is 14.6. The molecule has 0 aliphatic rings. The van der Waals surface area contributed by atoms with E-state index in [1.54, 1.807) is 12.1 Å². The highest BCUT2D eigenvalue weighted by Gasteiger charge is 2.26. The van der Waals surface area contributed by atoms with Crippen molar-refractivity contribution in [2.75, 3.05) is 28.4 Å². The fourth-order valence-electron chi connectivity index (χ4n) is 2.84. The van der Waals surface area contributed by atoms with Gasteiger partial charge in [-0.15, -0.1) is 0 Å². The molecule has 0 bridgehead atoms. The Morgan fingerprint density at radius 2 is 1.80 bits per heavy atom. The summed E-state index contributed by atoms with van der Waals surface area (Å²) in [6.07, 6.45) is 0. The van der Waals surface area contributed by atoms with Crippen LogP contribution >= 0.6 is 0 Å². The predicted molar refractivity (Wildman–Crippen MR) is 91.4 cm³/mol. The minimum absolute atomic E-state index is 0.0362. The van der Waals surface area contributed by atoms with Gasteiger partial charge in [0.1, 0.15) is 5.69 Å². The number of hydrogen-bond acceptors (Lipinski definition) is 6. The molecule has 0 spiro atoms. The summed E-state index contributed by atoms with van der Waals surface area (Å²) >= 11 is 0. The van der Waals surface area contributed by atoms with E-state index in [9.17, 15) is 9.90 Å². The number of carboxylic acid groups (broad SMARTS) is 1. The topological polar surface area (TPSA) is 116 Å². The van der Waals surface area contributed by atoms with Gasteiger partial charge in [-0.05, 0) is 12.1 Å². The van der Waals surface area contributed by atoms with Crippen LogP contribution in [0.15, 0.2) is 12.1 Å². The molecule has 0 aliphatic heterocycles. The molecular weight excluding hydrogens is 328 g/mol. The Morgan fingerprint density at radius 3 is 2.28 bits per heavy atom. The highest BCUT2D eigenvalue weighted by Crippen LogP contribution is 2.46. The number of nitrogens with two attached hydrogens (primary N) is 1.